The molecule has 20 heavy (non-hydrogen) atoms. The Bertz CT molecular complexity index is 502. The maximum Gasteiger partial charge on any atom is 0.325 e. The summed E-state index contributed by atoms with van der Waals surface area (Å²) in [6.07, 6.45) is 2.68. The molecule has 1 heterocycles. The number of rotatable bonds is 5. The Morgan fingerprint density at radius 2 is 1.75 bits per heavy atom. The molecule has 1 aromatic heterocycles. The number of hydrogen-bond donors (Lipinski definition) is 0. The van der Waals surface area contributed by atoms with Crippen LogP contribution in [0.3, 0.4) is 0 Å². The fraction of sp³-hybridized carbons (Fsp3) is 0.333. The molecule has 0 fully saturated rings. The Balaban J connectivity index is 2.97. The lowest BCUT2D eigenvalue weighted by molar-refractivity contribution is -0.144. The summed E-state index contributed by atoms with van der Waals surface area (Å²) in [6.45, 7) is -0.772. The summed E-state index contributed by atoms with van der Waals surface area (Å²) in [4.78, 5) is 39.6. The number of aromatic nitrogens is 1. The van der Waals surface area contributed by atoms with Crippen LogP contribution in [-0.4, -0.2) is 55.0 Å². The number of carbonyl (C=O) groups excluding carboxylic acids is 3. The van der Waals surface area contributed by atoms with E-state index in [9.17, 15) is 14.4 Å². The van der Waals surface area contributed by atoms with E-state index in [2.05, 4.69) is 14.5 Å². The lowest BCUT2D eigenvalue weighted by atomic mass is 10.2. The van der Waals surface area contributed by atoms with Gasteiger partial charge in [0.15, 0.2) is 0 Å². The first-order valence-corrected chi connectivity index (χ1v) is 5.89. The van der Waals surface area contributed by atoms with Gasteiger partial charge in [0.1, 0.15) is 13.1 Å². The van der Waals surface area contributed by atoms with Gasteiger partial charge in [-0.15, -0.1) is 0 Å². The number of carbonyl (C=O) groups is 3. The number of pyridine rings is 1. The zero-order chi connectivity index (χ0) is 15.1. The minimum atomic E-state index is -0.660. The van der Waals surface area contributed by atoms with Gasteiger partial charge in [-0.05, 0) is 6.07 Å². The van der Waals surface area contributed by atoms with Crippen LogP contribution in [0.5, 0.6) is 0 Å². The molecular weight excluding hydrogens is 288 g/mol. The largest absolute Gasteiger partial charge is 0.468 e. The summed E-state index contributed by atoms with van der Waals surface area (Å²) >= 11 is 5.86. The first-order valence-electron chi connectivity index (χ1n) is 5.52. The molecular formula is C12H13ClN2O5. The van der Waals surface area contributed by atoms with Crippen molar-refractivity contribution < 1.29 is 23.9 Å². The van der Waals surface area contributed by atoms with Crippen LogP contribution in [0.15, 0.2) is 18.5 Å². The zero-order valence-electron chi connectivity index (χ0n) is 11.0. The average Bonchev–Trinajstić information content (AvgIpc) is 2.45. The predicted octanol–water partition coefficient (Wildman–Crippen LogP) is 0.523. The monoisotopic (exact) mass is 300 g/mol. The van der Waals surface area contributed by atoms with Gasteiger partial charge in [0, 0.05) is 12.4 Å². The van der Waals surface area contributed by atoms with E-state index in [-0.39, 0.29) is 23.7 Å². The molecule has 0 aliphatic rings. The smallest absolute Gasteiger partial charge is 0.325 e. The summed E-state index contributed by atoms with van der Waals surface area (Å²) < 4.78 is 8.96. The van der Waals surface area contributed by atoms with Crippen LogP contribution in [0.1, 0.15) is 10.4 Å². The van der Waals surface area contributed by atoms with Crippen molar-refractivity contribution in [2.24, 2.45) is 0 Å². The van der Waals surface area contributed by atoms with E-state index >= 15 is 0 Å². The predicted molar refractivity (Wildman–Crippen MR) is 69.2 cm³/mol. The van der Waals surface area contributed by atoms with E-state index in [0.717, 1.165) is 4.90 Å². The standard InChI is InChI=1S/C12H13ClN2O5/c1-19-10(16)6-15(7-11(17)20-2)12(18)8-3-4-14-5-9(8)13/h3-5H,6-7H2,1-2H3. The van der Waals surface area contributed by atoms with Crippen LogP contribution in [0.4, 0.5) is 0 Å². The molecule has 1 aromatic rings. The van der Waals surface area contributed by atoms with Crippen molar-refractivity contribution in [2.45, 2.75) is 0 Å². The highest BCUT2D eigenvalue weighted by atomic mass is 35.5. The zero-order valence-corrected chi connectivity index (χ0v) is 11.7. The van der Waals surface area contributed by atoms with Crippen molar-refractivity contribution in [1.82, 2.24) is 9.88 Å². The van der Waals surface area contributed by atoms with Gasteiger partial charge in [-0.1, -0.05) is 11.6 Å². The highest BCUT2D eigenvalue weighted by molar-refractivity contribution is 6.33. The summed E-state index contributed by atoms with van der Waals surface area (Å²) in [5.41, 5.74) is 0.134. The fourth-order valence-electron chi connectivity index (χ4n) is 1.36. The fourth-order valence-corrected chi connectivity index (χ4v) is 1.56. The molecule has 0 aliphatic carbocycles. The number of esters is 2. The van der Waals surface area contributed by atoms with Gasteiger partial charge < -0.3 is 14.4 Å². The molecule has 0 saturated carbocycles. The van der Waals surface area contributed by atoms with Gasteiger partial charge in [-0.3, -0.25) is 19.4 Å². The van der Waals surface area contributed by atoms with Crippen molar-refractivity contribution in [3.63, 3.8) is 0 Å². The van der Waals surface area contributed by atoms with E-state index in [0.29, 0.717) is 0 Å². The van der Waals surface area contributed by atoms with Crippen molar-refractivity contribution in [1.29, 1.82) is 0 Å². The second-order valence-corrected chi connectivity index (χ2v) is 4.08. The van der Waals surface area contributed by atoms with Gasteiger partial charge >= 0.3 is 11.9 Å². The third-order valence-electron chi connectivity index (χ3n) is 2.39. The van der Waals surface area contributed by atoms with Crippen LogP contribution in [0.25, 0.3) is 0 Å². The van der Waals surface area contributed by atoms with Crippen LogP contribution in [-0.2, 0) is 19.1 Å². The number of nitrogens with zero attached hydrogens (tertiary/aromatic N) is 2. The first-order chi connectivity index (χ1) is 9.49. The second-order valence-electron chi connectivity index (χ2n) is 3.67. The van der Waals surface area contributed by atoms with E-state index < -0.39 is 17.8 Å². The topological polar surface area (TPSA) is 85.8 Å². The molecule has 7 nitrogen and oxygen atoms in total. The SMILES string of the molecule is COC(=O)CN(CC(=O)OC)C(=O)c1ccncc1Cl. The summed E-state index contributed by atoms with van der Waals surface area (Å²) in [7, 11) is 2.37. The number of methoxy groups -OCH3 is 2. The molecule has 0 saturated heterocycles. The molecule has 108 valence electrons. The number of amides is 1. The highest BCUT2D eigenvalue weighted by Crippen LogP contribution is 2.15. The molecule has 0 bridgehead atoms. The van der Waals surface area contributed by atoms with Crippen LogP contribution in [0, 0.1) is 0 Å². The van der Waals surface area contributed by atoms with Crippen LogP contribution in [0.2, 0.25) is 5.02 Å². The van der Waals surface area contributed by atoms with Gasteiger partial charge in [0.2, 0.25) is 0 Å². The molecule has 0 atom stereocenters. The Hall–Kier alpha value is -2.15. The lowest BCUT2D eigenvalue weighted by Gasteiger charge is -2.20. The second kappa shape index (κ2) is 7.44. The van der Waals surface area contributed by atoms with Crippen molar-refractivity contribution in [2.75, 3.05) is 27.3 Å². The van der Waals surface area contributed by atoms with E-state index in [1.165, 1.54) is 32.7 Å². The Labute approximate surface area is 120 Å². The quantitative estimate of drug-likeness (QED) is 0.737. The van der Waals surface area contributed by atoms with Crippen molar-refractivity contribution in [3.8, 4) is 0 Å². The van der Waals surface area contributed by atoms with E-state index in [4.69, 9.17) is 11.6 Å². The van der Waals surface area contributed by atoms with Crippen molar-refractivity contribution >= 4 is 29.4 Å². The van der Waals surface area contributed by atoms with E-state index in [1.54, 1.807) is 0 Å². The third-order valence-corrected chi connectivity index (χ3v) is 2.69. The molecule has 0 unspecified atom stereocenters. The van der Waals surface area contributed by atoms with Crippen LogP contribution < -0.4 is 0 Å². The Morgan fingerprint density at radius 1 is 1.20 bits per heavy atom. The number of ether oxygens (including phenoxy) is 2. The molecule has 0 radical (unpaired) electrons. The van der Waals surface area contributed by atoms with Gasteiger partial charge in [-0.2, -0.15) is 0 Å². The summed E-state index contributed by atoms with van der Waals surface area (Å²) in [6, 6.07) is 1.40. The average molecular weight is 301 g/mol. The molecule has 1 rings (SSSR count). The molecule has 0 N–H and O–H groups in total. The highest BCUT2D eigenvalue weighted by Gasteiger charge is 2.23. The maximum absolute atomic E-state index is 12.3. The summed E-state index contributed by atoms with van der Waals surface area (Å²) in [5, 5.41) is 0.122. The molecule has 0 spiro atoms. The summed E-state index contributed by atoms with van der Waals surface area (Å²) in [5.74, 6) is -1.91. The minimum absolute atomic E-state index is 0.122. The molecule has 8 heteroatoms. The van der Waals surface area contributed by atoms with E-state index in [1.807, 2.05) is 0 Å². The third kappa shape index (κ3) is 4.20. The Morgan fingerprint density at radius 3 is 2.20 bits per heavy atom. The van der Waals surface area contributed by atoms with Gasteiger partial charge in [-0.25, -0.2) is 0 Å². The van der Waals surface area contributed by atoms with Crippen LogP contribution >= 0.6 is 11.6 Å². The maximum atomic E-state index is 12.3. The minimum Gasteiger partial charge on any atom is -0.468 e. The molecule has 1 amide bonds. The first kappa shape index (κ1) is 15.9. The van der Waals surface area contributed by atoms with Gasteiger partial charge in [0.25, 0.3) is 5.91 Å². The van der Waals surface area contributed by atoms with Gasteiger partial charge in [0.05, 0.1) is 24.8 Å². The normalized spacial score (nSPS) is 9.75. The van der Waals surface area contributed by atoms with Crippen molar-refractivity contribution in [3.05, 3.63) is 29.0 Å². The number of halogens is 1. The molecule has 0 aliphatic heterocycles. The number of hydrogen-bond acceptors (Lipinski definition) is 6. The lowest BCUT2D eigenvalue weighted by Crippen LogP contribution is -2.40. The molecule has 0 aromatic carbocycles. The Kier molecular flexibility index (Phi) is 5.92.